The zero-order valence-corrected chi connectivity index (χ0v) is 25.8. The van der Waals surface area contributed by atoms with Crippen molar-refractivity contribution in [1.82, 2.24) is 19.4 Å². The number of nitrogens with zero attached hydrogens (tertiary/aromatic N) is 5. The van der Waals surface area contributed by atoms with Crippen LogP contribution in [0.4, 0.5) is 15.9 Å². The van der Waals surface area contributed by atoms with E-state index in [-0.39, 0.29) is 51.5 Å². The van der Waals surface area contributed by atoms with Gasteiger partial charge in [0.15, 0.2) is 5.82 Å². The Labute approximate surface area is 259 Å². The van der Waals surface area contributed by atoms with Crippen LogP contribution in [0.2, 0.25) is 5.02 Å². The minimum atomic E-state index is -0.617. The number of aromatic hydroxyl groups is 1. The Bertz CT molecular complexity index is 1870. The number of rotatable bonds is 4. The highest BCUT2D eigenvalue weighted by atomic mass is 35.5. The summed E-state index contributed by atoms with van der Waals surface area (Å²) >= 11 is 6.54. The molecule has 0 bridgehead atoms. The van der Waals surface area contributed by atoms with E-state index in [1.807, 2.05) is 38.7 Å². The lowest BCUT2D eigenvalue weighted by Crippen LogP contribution is -2.60. The molecule has 0 saturated carbocycles. The lowest BCUT2D eigenvalue weighted by atomic mass is 9.96. The monoisotopic (exact) mass is 616 g/mol. The molecular weight excluding hydrogens is 583 g/mol. The number of nitrogens with one attached hydrogen (secondary N) is 1. The van der Waals surface area contributed by atoms with E-state index >= 15 is 4.39 Å². The molecule has 11 heteroatoms. The number of amides is 1. The third kappa shape index (κ3) is 4.68. The Morgan fingerprint density at radius 2 is 2.05 bits per heavy atom. The zero-order chi connectivity index (χ0) is 31.4. The highest BCUT2D eigenvalue weighted by molar-refractivity contribution is 6.33. The van der Waals surface area contributed by atoms with Crippen LogP contribution in [0.3, 0.4) is 0 Å². The fourth-order valence-electron chi connectivity index (χ4n) is 6.52. The van der Waals surface area contributed by atoms with Crippen LogP contribution in [0.5, 0.6) is 5.75 Å². The number of halogens is 2. The van der Waals surface area contributed by atoms with Crippen molar-refractivity contribution in [1.29, 1.82) is 0 Å². The van der Waals surface area contributed by atoms with Crippen molar-refractivity contribution < 1.29 is 14.3 Å². The average molecular weight is 617 g/mol. The third-order valence-electron chi connectivity index (χ3n) is 8.64. The maximum atomic E-state index is 16.8. The Morgan fingerprint density at radius 3 is 2.75 bits per heavy atom. The minimum Gasteiger partial charge on any atom is -0.507 e. The molecule has 2 aromatic heterocycles. The maximum absolute atomic E-state index is 16.8. The smallest absolute Gasteiger partial charge is 0.354 e. The van der Waals surface area contributed by atoms with Crippen LogP contribution >= 0.6 is 11.6 Å². The molecule has 2 aliphatic rings. The van der Waals surface area contributed by atoms with E-state index < -0.39 is 11.5 Å². The first-order valence-electron chi connectivity index (χ1n) is 14.7. The Morgan fingerprint density at radius 1 is 1.27 bits per heavy atom. The first-order chi connectivity index (χ1) is 21.0. The quantitative estimate of drug-likeness (QED) is 0.280. The van der Waals surface area contributed by atoms with Gasteiger partial charge >= 0.3 is 5.69 Å². The minimum absolute atomic E-state index is 0.0313. The van der Waals surface area contributed by atoms with Gasteiger partial charge in [0.2, 0.25) is 5.91 Å². The summed E-state index contributed by atoms with van der Waals surface area (Å²) in [5, 5.41) is 14.7. The molecule has 1 amide bonds. The molecule has 6 rings (SSSR count). The van der Waals surface area contributed by atoms with Crippen molar-refractivity contribution in [2.45, 2.75) is 52.1 Å². The van der Waals surface area contributed by atoms with E-state index in [2.05, 4.69) is 21.9 Å². The SMILES string of the molecule is C=CC(=O)N1CC2CCNc3c(F)c(-c4c(O)cccc4Cl)cc4c3c(nc(=O)n4-c3c(C)ccnc3C(C)C)N2CC1C. The molecular formula is C33H34ClFN6O3. The molecule has 2 aromatic carbocycles. The second-order valence-corrected chi connectivity index (χ2v) is 12.2. The van der Waals surface area contributed by atoms with E-state index in [0.717, 1.165) is 5.56 Å². The predicted octanol–water partition coefficient (Wildman–Crippen LogP) is 5.78. The summed E-state index contributed by atoms with van der Waals surface area (Å²) in [6.45, 7) is 12.7. The summed E-state index contributed by atoms with van der Waals surface area (Å²) in [5.74, 6) is -0.657. The number of anilines is 2. The molecule has 4 heterocycles. The zero-order valence-electron chi connectivity index (χ0n) is 25.1. The van der Waals surface area contributed by atoms with Crippen LogP contribution in [-0.4, -0.2) is 62.2 Å². The summed E-state index contributed by atoms with van der Waals surface area (Å²) in [7, 11) is 0. The lowest BCUT2D eigenvalue weighted by molar-refractivity contribution is -0.128. The highest BCUT2D eigenvalue weighted by Crippen LogP contribution is 2.45. The van der Waals surface area contributed by atoms with E-state index in [1.165, 1.54) is 16.7 Å². The van der Waals surface area contributed by atoms with Crippen LogP contribution in [0.1, 0.15) is 44.4 Å². The molecule has 9 nitrogen and oxygen atoms in total. The van der Waals surface area contributed by atoms with E-state index in [4.69, 9.17) is 11.6 Å². The summed E-state index contributed by atoms with van der Waals surface area (Å²) in [6.07, 6.45) is 3.57. The number of pyridine rings is 1. The molecule has 2 atom stereocenters. The fourth-order valence-corrected chi connectivity index (χ4v) is 6.79. The van der Waals surface area contributed by atoms with E-state index in [9.17, 15) is 14.7 Å². The number of piperazine rings is 1. The molecule has 0 radical (unpaired) electrons. The van der Waals surface area contributed by atoms with Gasteiger partial charge in [-0.3, -0.25) is 14.3 Å². The normalized spacial score (nSPS) is 18.1. The number of aryl methyl sites for hydroxylation is 1. The number of carbonyl (C=O) groups excluding carboxylic acids is 1. The van der Waals surface area contributed by atoms with Gasteiger partial charge in [-0.25, -0.2) is 9.18 Å². The van der Waals surface area contributed by atoms with Gasteiger partial charge in [-0.2, -0.15) is 4.98 Å². The largest absolute Gasteiger partial charge is 0.507 e. The molecule has 2 N–H and O–H groups in total. The van der Waals surface area contributed by atoms with Crippen LogP contribution in [0, 0.1) is 12.7 Å². The summed E-state index contributed by atoms with van der Waals surface area (Å²) < 4.78 is 18.3. The summed E-state index contributed by atoms with van der Waals surface area (Å²) in [6, 6.07) is 7.63. The number of phenols is 1. The van der Waals surface area contributed by atoms with Crippen LogP contribution in [0.15, 0.2) is 54.0 Å². The van der Waals surface area contributed by atoms with E-state index in [0.29, 0.717) is 54.2 Å². The van der Waals surface area contributed by atoms with Gasteiger partial charge in [-0.15, -0.1) is 0 Å². The molecule has 44 heavy (non-hydrogen) atoms. The summed E-state index contributed by atoms with van der Waals surface area (Å²) in [5.41, 5.74) is 2.26. The first kappa shape index (κ1) is 29.6. The molecule has 0 aliphatic carbocycles. The molecule has 228 valence electrons. The van der Waals surface area contributed by atoms with Crippen molar-refractivity contribution in [3.8, 4) is 22.6 Å². The maximum Gasteiger partial charge on any atom is 0.354 e. The van der Waals surface area contributed by atoms with Crippen molar-refractivity contribution in [2.75, 3.05) is 29.9 Å². The van der Waals surface area contributed by atoms with Crippen molar-refractivity contribution in [3.63, 3.8) is 0 Å². The van der Waals surface area contributed by atoms with Crippen LogP contribution < -0.4 is 15.9 Å². The third-order valence-corrected chi connectivity index (χ3v) is 8.95. The highest BCUT2D eigenvalue weighted by Gasteiger charge is 2.38. The van der Waals surface area contributed by atoms with Crippen molar-refractivity contribution >= 4 is 39.9 Å². The van der Waals surface area contributed by atoms with Gasteiger partial charge in [0.25, 0.3) is 0 Å². The number of phenolic OH excluding ortho intramolecular Hbond substituents is 1. The number of hydrogen-bond acceptors (Lipinski definition) is 7. The topological polar surface area (TPSA) is 104 Å². The Kier molecular flexibility index (Phi) is 7.57. The molecule has 2 aliphatic heterocycles. The molecule has 1 fully saturated rings. The second kappa shape index (κ2) is 11.2. The van der Waals surface area contributed by atoms with E-state index in [1.54, 1.807) is 29.3 Å². The number of aromatic nitrogens is 3. The number of fused-ring (bicyclic) bond motifs is 2. The van der Waals surface area contributed by atoms with Crippen LogP contribution in [0.25, 0.3) is 27.7 Å². The second-order valence-electron chi connectivity index (χ2n) is 11.8. The number of benzene rings is 2. The van der Waals surface area contributed by atoms with Gasteiger partial charge in [0.05, 0.1) is 33.0 Å². The van der Waals surface area contributed by atoms with Gasteiger partial charge in [0, 0.05) is 49.0 Å². The lowest BCUT2D eigenvalue weighted by Gasteiger charge is -2.46. The van der Waals surface area contributed by atoms with Gasteiger partial charge in [-0.1, -0.05) is 38.1 Å². The van der Waals surface area contributed by atoms with Crippen molar-refractivity contribution in [3.05, 3.63) is 81.8 Å². The van der Waals surface area contributed by atoms with Gasteiger partial charge in [0.1, 0.15) is 11.6 Å². The molecule has 1 saturated heterocycles. The number of hydrogen-bond donors (Lipinski definition) is 2. The molecule has 4 aromatic rings. The van der Waals surface area contributed by atoms with Crippen molar-refractivity contribution in [2.24, 2.45) is 0 Å². The van der Waals surface area contributed by atoms with Gasteiger partial charge in [-0.05, 0) is 62.1 Å². The average Bonchev–Trinajstić information content (AvgIpc) is 2.97. The summed E-state index contributed by atoms with van der Waals surface area (Å²) in [4.78, 5) is 40.0. The first-order valence-corrected chi connectivity index (χ1v) is 15.1. The molecule has 0 spiro atoms. The Hall–Kier alpha value is -4.44. The fraction of sp³-hybridized carbons (Fsp3) is 0.333. The molecule has 2 unspecified atom stereocenters. The van der Waals surface area contributed by atoms with Gasteiger partial charge < -0.3 is 20.2 Å². The number of carbonyl (C=O) groups is 1. The standard InChI is InChI=1S/C33H34ClFN6O3/c1-6-25(43)39-16-20-11-13-37-30-27-23(14-21(28(30)35)26-22(34)8-7-9-24(26)42)41(31-18(4)10-12-36-29(31)17(2)3)33(44)38-32(27)40(20)15-19(39)5/h6-10,12,14,17,19-20,37,42H,1,11,13,15-16H2,2-5H3. The Balaban J connectivity index is 1.73. The predicted molar refractivity (Wildman–Crippen MR) is 172 cm³/mol. The van der Waals surface area contributed by atoms with Crippen LogP contribution in [-0.2, 0) is 4.79 Å².